The molecule has 0 fully saturated rings. The van der Waals surface area contributed by atoms with Crippen LogP contribution in [0.15, 0.2) is 30.3 Å². The van der Waals surface area contributed by atoms with E-state index in [0.29, 0.717) is 11.8 Å². The Kier molecular flexibility index (Phi) is 4.15. The first-order valence-corrected chi connectivity index (χ1v) is 5.34. The molecule has 0 aliphatic carbocycles. The van der Waals surface area contributed by atoms with Crippen LogP contribution in [0.25, 0.3) is 0 Å². The lowest BCUT2D eigenvalue weighted by molar-refractivity contribution is 0.165. The average molecular weight is 192 g/mol. The zero-order valence-corrected chi connectivity index (χ0v) is 9.27. The summed E-state index contributed by atoms with van der Waals surface area (Å²) in [5.41, 5.74) is 1.34. The molecule has 1 heteroatoms. The monoisotopic (exact) mass is 192 g/mol. The van der Waals surface area contributed by atoms with Crippen LogP contribution < -0.4 is 0 Å². The van der Waals surface area contributed by atoms with Gasteiger partial charge in [0.1, 0.15) is 0 Å². The summed E-state index contributed by atoms with van der Waals surface area (Å²) < 4.78 is 0. The van der Waals surface area contributed by atoms with Gasteiger partial charge in [-0.3, -0.25) is 0 Å². The molecule has 0 saturated carbocycles. The van der Waals surface area contributed by atoms with E-state index in [1.807, 2.05) is 13.0 Å². The van der Waals surface area contributed by atoms with Crippen molar-refractivity contribution in [2.24, 2.45) is 5.92 Å². The number of rotatable bonds is 4. The van der Waals surface area contributed by atoms with Crippen LogP contribution in [0.3, 0.4) is 0 Å². The van der Waals surface area contributed by atoms with Gasteiger partial charge in [-0.15, -0.1) is 0 Å². The van der Waals surface area contributed by atoms with Crippen LogP contribution in [-0.4, -0.2) is 11.2 Å². The standard InChI is InChI=1S/C13H20O/c1-10(2)13(9-11(3)14)12-7-5-4-6-8-12/h4-8,10-11,13-14H,9H2,1-3H3. The molecular weight excluding hydrogens is 172 g/mol. The van der Waals surface area contributed by atoms with Gasteiger partial charge >= 0.3 is 0 Å². The first kappa shape index (κ1) is 11.3. The molecular formula is C13H20O. The largest absolute Gasteiger partial charge is 0.393 e. The van der Waals surface area contributed by atoms with Crippen molar-refractivity contribution in [1.29, 1.82) is 0 Å². The van der Waals surface area contributed by atoms with Crippen molar-refractivity contribution in [1.82, 2.24) is 0 Å². The fourth-order valence-electron chi connectivity index (χ4n) is 1.86. The molecule has 0 aliphatic rings. The Balaban J connectivity index is 2.78. The Morgan fingerprint density at radius 3 is 2.07 bits per heavy atom. The Bertz CT molecular complexity index is 251. The van der Waals surface area contributed by atoms with E-state index >= 15 is 0 Å². The van der Waals surface area contributed by atoms with Gasteiger partial charge in [0.25, 0.3) is 0 Å². The molecule has 14 heavy (non-hydrogen) atoms. The lowest BCUT2D eigenvalue weighted by atomic mass is 9.84. The van der Waals surface area contributed by atoms with Crippen molar-refractivity contribution in [2.75, 3.05) is 0 Å². The van der Waals surface area contributed by atoms with Crippen molar-refractivity contribution < 1.29 is 5.11 Å². The summed E-state index contributed by atoms with van der Waals surface area (Å²) >= 11 is 0. The van der Waals surface area contributed by atoms with Gasteiger partial charge < -0.3 is 5.11 Å². The Morgan fingerprint density at radius 1 is 1.07 bits per heavy atom. The van der Waals surface area contributed by atoms with E-state index in [2.05, 4.69) is 38.1 Å². The quantitative estimate of drug-likeness (QED) is 0.776. The van der Waals surface area contributed by atoms with E-state index in [0.717, 1.165) is 6.42 Å². The van der Waals surface area contributed by atoms with E-state index in [9.17, 15) is 5.11 Å². The van der Waals surface area contributed by atoms with E-state index in [1.165, 1.54) is 5.56 Å². The first-order valence-electron chi connectivity index (χ1n) is 5.34. The molecule has 0 amide bonds. The minimum atomic E-state index is -0.220. The van der Waals surface area contributed by atoms with Crippen LogP contribution in [0.1, 0.15) is 38.7 Å². The van der Waals surface area contributed by atoms with E-state index in [-0.39, 0.29) is 6.10 Å². The van der Waals surface area contributed by atoms with Gasteiger partial charge in [-0.05, 0) is 30.7 Å². The molecule has 1 aromatic carbocycles. The molecule has 2 unspecified atom stereocenters. The Morgan fingerprint density at radius 2 is 1.64 bits per heavy atom. The van der Waals surface area contributed by atoms with Crippen molar-refractivity contribution in [3.8, 4) is 0 Å². The van der Waals surface area contributed by atoms with Gasteiger partial charge in [-0.2, -0.15) is 0 Å². The third-order valence-electron chi connectivity index (χ3n) is 2.63. The number of aliphatic hydroxyl groups excluding tert-OH is 1. The molecule has 2 atom stereocenters. The fourth-order valence-corrected chi connectivity index (χ4v) is 1.86. The summed E-state index contributed by atoms with van der Waals surface area (Å²) in [7, 11) is 0. The first-order chi connectivity index (χ1) is 6.61. The van der Waals surface area contributed by atoms with Crippen LogP contribution in [-0.2, 0) is 0 Å². The maximum atomic E-state index is 9.43. The van der Waals surface area contributed by atoms with Gasteiger partial charge in [-0.1, -0.05) is 44.2 Å². The smallest absolute Gasteiger partial charge is 0.0518 e. The lowest BCUT2D eigenvalue weighted by Crippen LogP contribution is -2.13. The minimum Gasteiger partial charge on any atom is -0.393 e. The van der Waals surface area contributed by atoms with Crippen LogP contribution in [0.4, 0.5) is 0 Å². The lowest BCUT2D eigenvalue weighted by Gasteiger charge is -2.22. The second-order valence-corrected chi connectivity index (χ2v) is 4.35. The summed E-state index contributed by atoms with van der Waals surface area (Å²) in [5, 5.41) is 9.43. The Labute approximate surface area is 86.8 Å². The third-order valence-corrected chi connectivity index (χ3v) is 2.63. The van der Waals surface area contributed by atoms with Crippen LogP contribution in [0, 0.1) is 5.92 Å². The molecule has 0 heterocycles. The Hall–Kier alpha value is -0.820. The van der Waals surface area contributed by atoms with Crippen molar-refractivity contribution in [2.45, 2.75) is 39.2 Å². The topological polar surface area (TPSA) is 20.2 Å². The van der Waals surface area contributed by atoms with Gasteiger partial charge in [-0.25, -0.2) is 0 Å². The summed E-state index contributed by atoms with van der Waals surface area (Å²) in [4.78, 5) is 0. The summed E-state index contributed by atoms with van der Waals surface area (Å²) in [5.74, 6) is 1.04. The molecule has 1 N–H and O–H groups in total. The molecule has 0 bridgehead atoms. The maximum Gasteiger partial charge on any atom is 0.0518 e. The highest BCUT2D eigenvalue weighted by Gasteiger charge is 2.17. The van der Waals surface area contributed by atoms with Crippen molar-refractivity contribution >= 4 is 0 Å². The highest BCUT2D eigenvalue weighted by atomic mass is 16.3. The maximum absolute atomic E-state index is 9.43. The zero-order valence-electron chi connectivity index (χ0n) is 9.27. The number of aliphatic hydroxyl groups is 1. The summed E-state index contributed by atoms with van der Waals surface area (Å²) in [6.45, 7) is 6.28. The second-order valence-electron chi connectivity index (χ2n) is 4.35. The predicted molar refractivity (Wildman–Crippen MR) is 60.3 cm³/mol. The zero-order chi connectivity index (χ0) is 10.6. The molecule has 0 spiro atoms. The van der Waals surface area contributed by atoms with Crippen LogP contribution in [0.5, 0.6) is 0 Å². The molecule has 0 saturated heterocycles. The van der Waals surface area contributed by atoms with Gasteiger partial charge in [0.2, 0.25) is 0 Å². The molecule has 0 radical (unpaired) electrons. The van der Waals surface area contributed by atoms with E-state index < -0.39 is 0 Å². The van der Waals surface area contributed by atoms with Gasteiger partial charge in [0, 0.05) is 0 Å². The van der Waals surface area contributed by atoms with Crippen molar-refractivity contribution in [3.05, 3.63) is 35.9 Å². The van der Waals surface area contributed by atoms with E-state index in [4.69, 9.17) is 0 Å². The highest BCUT2D eigenvalue weighted by Crippen LogP contribution is 2.28. The summed E-state index contributed by atoms with van der Waals surface area (Å²) in [6, 6.07) is 10.4. The molecule has 1 aromatic rings. The normalized spacial score (nSPS) is 15.5. The van der Waals surface area contributed by atoms with Crippen molar-refractivity contribution in [3.63, 3.8) is 0 Å². The van der Waals surface area contributed by atoms with E-state index in [1.54, 1.807) is 0 Å². The average Bonchev–Trinajstić information content (AvgIpc) is 2.15. The third kappa shape index (κ3) is 3.15. The van der Waals surface area contributed by atoms with Crippen LogP contribution in [0.2, 0.25) is 0 Å². The number of hydrogen-bond donors (Lipinski definition) is 1. The second kappa shape index (κ2) is 5.16. The SMILES string of the molecule is CC(O)CC(c1ccccc1)C(C)C. The van der Waals surface area contributed by atoms with Gasteiger partial charge in [0.15, 0.2) is 0 Å². The molecule has 0 aromatic heterocycles. The molecule has 0 aliphatic heterocycles. The molecule has 78 valence electrons. The highest BCUT2D eigenvalue weighted by molar-refractivity contribution is 5.20. The fraction of sp³-hybridized carbons (Fsp3) is 0.538. The minimum absolute atomic E-state index is 0.220. The molecule has 1 rings (SSSR count). The summed E-state index contributed by atoms with van der Waals surface area (Å²) in [6.07, 6.45) is 0.629. The molecule has 1 nitrogen and oxygen atoms in total. The van der Waals surface area contributed by atoms with Gasteiger partial charge in [0.05, 0.1) is 6.10 Å². The predicted octanol–water partition coefficient (Wildman–Crippen LogP) is 3.20. The van der Waals surface area contributed by atoms with Crippen LogP contribution >= 0.6 is 0 Å². The number of hydrogen-bond acceptors (Lipinski definition) is 1. The number of benzene rings is 1.